The van der Waals surface area contributed by atoms with Gasteiger partial charge >= 0.3 is 6.01 Å². The number of nitrogens with one attached hydrogen (secondary N) is 1. The van der Waals surface area contributed by atoms with Crippen molar-refractivity contribution in [3.63, 3.8) is 0 Å². The molecule has 18 heavy (non-hydrogen) atoms. The SMILES string of the molecule is CNCc1nnc(N(Cc2ccsc2)C2CC2)o1. The molecular weight excluding hydrogens is 248 g/mol. The summed E-state index contributed by atoms with van der Waals surface area (Å²) in [6, 6.07) is 3.35. The van der Waals surface area contributed by atoms with E-state index >= 15 is 0 Å². The molecule has 0 spiro atoms. The highest BCUT2D eigenvalue weighted by molar-refractivity contribution is 7.07. The lowest BCUT2D eigenvalue weighted by Crippen LogP contribution is -2.25. The van der Waals surface area contributed by atoms with Crippen LogP contribution in [0.15, 0.2) is 21.2 Å². The highest BCUT2D eigenvalue weighted by Crippen LogP contribution is 2.32. The van der Waals surface area contributed by atoms with E-state index in [4.69, 9.17) is 4.42 Å². The average molecular weight is 264 g/mol. The standard InChI is InChI=1S/C12H16N4OS/c1-13-6-11-14-15-12(17-11)16(10-2-3-10)7-9-4-5-18-8-9/h4-5,8,10,13H,2-3,6-7H2,1H3. The van der Waals surface area contributed by atoms with Gasteiger partial charge in [0.15, 0.2) is 0 Å². The molecule has 2 aromatic rings. The van der Waals surface area contributed by atoms with Crippen LogP contribution in [0.2, 0.25) is 0 Å². The van der Waals surface area contributed by atoms with Gasteiger partial charge in [0.1, 0.15) is 0 Å². The summed E-state index contributed by atoms with van der Waals surface area (Å²) in [5.41, 5.74) is 1.31. The predicted molar refractivity (Wildman–Crippen MR) is 70.6 cm³/mol. The van der Waals surface area contributed by atoms with Crippen LogP contribution < -0.4 is 10.2 Å². The summed E-state index contributed by atoms with van der Waals surface area (Å²) in [5.74, 6) is 0.642. The van der Waals surface area contributed by atoms with Crippen LogP contribution in [0.5, 0.6) is 0 Å². The van der Waals surface area contributed by atoms with Crippen molar-refractivity contribution in [2.75, 3.05) is 11.9 Å². The fourth-order valence-corrected chi connectivity index (χ4v) is 2.56. The lowest BCUT2D eigenvalue weighted by atomic mass is 10.3. The monoisotopic (exact) mass is 264 g/mol. The third-order valence-corrected chi connectivity index (χ3v) is 3.68. The Kier molecular flexibility index (Phi) is 3.29. The molecule has 6 heteroatoms. The number of rotatable bonds is 6. The van der Waals surface area contributed by atoms with Gasteiger partial charge in [-0.3, -0.25) is 0 Å². The van der Waals surface area contributed by atoms with Crippen LogP contribution in [-0.2, 0) is 13.1 Å². The molecular formula is C12H16N4OS. The van der Waals surface area contributed by atoms with Gasteiger partial charge in [0.25, 0.3) is 0 Å². The molecule has 0 aliphatic heterocycles. The fourth-order valence-electron chi connectivity index (χ4n) is 1.90. The van der Waals surface area contributed by atoms with Crippen molar-refractivity contribution < 1.29 is 4.42 Å². The Morgan fingerprint density at radius 1 is 1.50 bits per heavy atom. The molecule has 2 aromatic heterocycles. The Morgan fingerprint density at radius 3 is 3.06 bits per heavy atom. The van der Waals surface area contributed by atoms with Crippen molar-refractivity contribution in [1.82, 2.24) is 15.5 Å². The van der Waals surface area contributed by atoms with Gasteiger partial charge in [-0.05, 0) is 42.3 Å². The summed E-state index contributed by atoms with van der Waals surface area (Å²) in [7, 11) is 1.87. The highest BCUT2D eigenvalue weighted by Gasteiger charge is 2.32. The number of thiophene rings is 1. The van der Waals surface area contributed by atoms with E-state index in [9.17, 15) is 0 Å². The second-order valence-corrected chi connectivity index (χ2v) is 5.28. The molecule has 0 saturated heterocycles. The van der Waals surface area contributed by atoms with Crippen molar-refractivity contribution >= 4 is 17.4 Å². The van der Waals surface area contributed by atoms with Gasteiger partial charge in [0.2, 0.25) is 5.89 Å². The quantitative estimate of drug-likeness (QED) is 0.865. The first kappa shape index (κ1) is 11.7. The molecule has 1 aliphatic rings. The summed E-state index contributed by atoms with van der Waals surface area (Å²) in [6.07, 6.45) is 2.43. The first-order chi connectivity index (χ1) is 8.86. The van der Waals surface area contributed by atoms with Gasteiger partial charge in [-0.15, -0.1) is 5.10 Å². The number of hydrogen-bond donors (Lipinski definition) is 1. The van der Waals surface area contributed by atoms with Crippen LogP contribution in [0.3, 0.4) is 0 Å². The minimum atomic E-state index is 0.563. The van der Waals surface area contributed by atoms with Gasteiger partial charge in [0.05, 0.1) is 6.54 Å². The van der Waals surface area contributed by atoms with Crippen molar-refractivity contribution in [2.45, 2.75) is 32.0 Å². The topological polar surface area (TPSA) is 54.2 Å². The van der Waals surface area contributed by atoms with E-state index in [1.165, 1.54) is 18.4 Å². The molecule has 0 unspecified atom stereocenters. The molecule has 1 aliphatic carbocycles. The van der Waals surface area contributed by atoms with Crippen molar-refractivity contribution in [3.05, 3.63) is 28.3 Å². The average Bonchev–Trinajstić information content (AvgIpc) is 2.89. The highest BCUT2D eigenvalue weighted by atomic mass is 32.1. The zero-order valence-corrected chi connectivity index (χ0v) is 11.1. The maximum absolute atomic E-state index is 5.68. The molecule has 2 heterocycles. The molecule has 0 aromatic carbocycles. The van der Waals surface area contributed by atoms with E-state index in [0.717, 1.165) is 6.54 Å². The van der Waals surface area contributed by atoms with E-state index in [2.05, 4.69) is 37.2 Å². The Balaban J connectivity index is 1.76. The number of nitrogens with zero attached hydrogens (tertiary/aromatic N) is 3. The molecule has 5 nitrogen and oxygen atoms in total. The minimum absolute atomic E-state index is 0.563. The minimum Gasteiger partial charge on any atom is -0.407 e. The first-order valence-corrected chi connectivity index (χ1v) is 7.06. The fraction of sp³-hybridized carbons (Fsp3) is 0.500. The van der Waals surface area contributed by atoms with E-state index in [1.807, 2.05) is 7.05 Å². The maximum atomic E-state index is 5.68. The Morgan fingerprint density at radius 2 is 2.39 bits per heavy atom. The smallest absolute Gasteiger partial charge is 0.318 e. The van der Waals surface area contributed by atoms with Gasteiger partial charge in [-0.25, -0.2) is 0 Å². The van der Waals surface area contributed by atoms with E-state index in [-0.39, 0.29) is 0 Å². The molecule has 0 amide bonds. The van der Waals surface area contributed by atoms with Gasteiger partial charge < -0.3 is 14.6 Å². The third-order valence-electron chi connectivity index (χ3n) is 2.95. The third kappa shape index (κ3) is 2.54. The Bertz CT molecular complexity index is 492. The van der Waals surface area contributed by atoms with Crippen molar-refractivity contribution in [3.8, 4) is 0 Å². The largest absolute Gasteiger partial charge is 0.407 e. The van der Waals surface area contributed by atoms with Crippen LogP contribution in [0.1, 0.15) is 24.3 Å². The Hall–Kier alpha value is -1.40. The van der Waals surface area contributed by atoms with Crippen LogP contribution in [0, 0.1) is 0 Å². The summed E-state index contributed by atoms with van der Waals surface area (Å²) < 4.78 is 5.68. The van der Waals surface area contributed by atoms with Gasteiger partial charge in [0, 0.05) is 12.6 Å². The van der Waals surface area contributed by atoms with Gasteiger partial charge in [-0.1, -0.05) is 5.10 Å². The molecule has 0 atom stereocenters. The second-order valence-electron chi connectivity index (χ2n) is 4.50. The maximum Gasteiger partial charge on any atom is 0.318 e. The van der Waals surface area contributed by atoms with Crippen LogP contribution in [0.4, 0.5) is 6.01 Å². The van der Waals surface area contributed by atoms with Crippen LogP contribution in [0.25, 0.3) is 0 Å². The predicted octanol–water partition coefficient (Wildman–Crippen LogP) is 2.02. The molecule has 1 saturated carbocycles. The summed E-state index contributed by atoms with van der Waals surface area (Å²) in [4.78, 5) is 2.22. The zero-order valence-electron chi connectivity index (χ0n) is 10.3. The molecule has 0 radical (unpaired) electrons. The van der Waals surface area contributed by atoms with Crippen LogP contribution >= 0.6 is 11.3 Å². The molecule has 96 valence electrons. The molecule has 3 rings (SSSR count). The molecule has 1 fully saturated rings. The van der Waals surface area contributed by atoms with Gasteiger partial charge in [-0.2, -0.15) is 11.3 Å². The number of anilines is 1. The first-order valence-electron chi connectivity index (χ1n) is 6.11. The van der Waals surface area contributed by atoms with Crippen molar-refractivity contribution in [2.24, 2.45) is 0 Å². The van der Waals surface area contributed by atoms with E-state index in [1.54, 1.807) is 11.3 Å². The lowest BCUT2D eigenvalue weighted by molar-refractivity contribution is 0.468. The normalized spacial score (nSPS) is 14.9. The molecule has 0 bridgehead atoms. The number of aromatic nitrogens is 2. The van der Waals surface area contributed by atoms with E-state index < -0.39 is 0 Å². The summed E-state index contributed by atoms with van der Waals surface area (Å²) >= 11 is 1.72. The summed E-state index contributed by atoms with van der Waals surface area (Å²) in [5, 5.41) is 15.5. The number of hydrogen-bond acceptors (Lipinski definition) is 6. The van der Waals surface area contributed by atoms with E-state index in [0.29, 0.717) is 24.5 Å². The zero-order chi connectivity index (χ0) is 12.4. The lowest BCUT2D eigenvalue weighted by Gasteiger charge is -2.18. The summed E-state index contributed by atoms with van der Waals surface area (Å²) in [6.45, 7) is 1.47. The second kappa shape index (κ2) is 5.07. The molecule has 1 N–H and O–H groups in total. The Labute approximate surface area is 110 Å². The van der Waals surface area contributed by atoms with Crippen LogP contribution in [-0.4, -0.2) is 23.3 Å². The van der Waals surface area contributed by atoms with Crippen molar-refractivity contribution in [1.29, 1.82) is 0 Å².